The number of benzene rings is 1. The second-order valence-corrected chi connectivity index (χ2v) is 6.07. The summed E-state index contributed by atoms with van der Waals surface area (Å²) in [7, 11) is 0. The van der Waals surface area contributed by atoms with Gasteiger partial charge in [0.25, 0.3) is 0 Å². The number of hydrogen-bond donors (Lipinski definition) is 1. The van der Waals surface area contributed by atoms with Crippen LogP contribution in [0.2, 0.25) is 0 Å². The molecule has 0 amide bonds. The third-order valence-corrected chi connectivity index (χ3v) is 4.38. The van der Waals surface area contributed by atoms with E-state index < -0.39 is 0 Å². The minimum atomic E-state index is 0.205. The van der Waals surface area contributed by atoms with Gasteiger partial charge in [0.05, 0.1) is 5.69 Å². The van der Waals surface area contributed by atoms with Gasteiger partial charge in [0.2, 0.25) is 0 Å². The summed E-state index contributed by atoms with van der Waals surface area (Å²) in [5, 5.41) is 4.58. The first-order valence-electron chi connectivity index (χ1n) is 7.58. The molecule has 0 aliphatic carbocycles. The number of aryl methyl sites for hydroxylation is 2. The molecule has 1 aromatic heterocycles. The second kappa shape index (κ2) is 7.18. The van der Waals surface area contributed by atoms with Crippen molar-refractivity contribution in [1.82, 2.24) is 14.8 Å². The number of aromatic nitrogens is 3. The Morgan fingerprint density at radius 1 is 1.24 bits per heavy atom. The first-order valence-corrected chi connectivity index (χ1v) is 8.37. The molecule has 1 atom stereocenters. The Morgan fingerprint density at radius 3 is 2.57 bits per heavy atom. The van der Waals surface area contributed by atoms with E-state index in [1.807, 2.05) is 4.68 Å². The first-order chi connectivity index (χ1) is 10.1. The molecular formula is C16H23BrN4. The molecule has 0 saturated heterocycles. The van der Waals surface area contributed by atoms with Crippen molar-refractivity contribution in [2.24, 2.45) is 5.73 Å². The maximum Gasteiger partial charge on any atom is 0.151 e. The molecule has 2 aromatic rings. The van der Waals surface area contributed by atoms with Crippen LogP contribution >= 0.6 is 15.9 Å². The number of rotatable bonds is 6. The average molecular weight is 351 g/mol. The zero-order valence-electron chi connectivity index (χ0n) is 12.9. The number of halogens is 1. The Labute approximate surface area is 134 Å². The van der Waals surface area contributed by atoms with Crippen LogP contribution in [0.25, 0.3) is 5.69 Å². The van der Waals surface area contributed by atoms with Crippen LogP contribution in [0.5, 0.6) is 0 Å². The van der Waals surface area contributed by atoms with E-state index in [9.17, 15) is 0 Å². The van der Waals surface area contributed by atoms with Gasteiger partial charge in [-0.25, -0.2) is 9.67 Å². The summed E-state index contributed by atoms with van der Waals surface area (Å²) in [5.41, 5.74) is 8.32. The van der Waals surface area contributed by atoms with Gasteiger partial charge in [0.15, 0.2) is 5.82 Å². The Morgan fingerprint density at radius 2 is 2.00 bits per heavy atom. The summed E-state index contributed by atoms with van der Waals surface area (Å²) < 4.78 is 3.02. The minimum absolute atomic E-state index is 0.205. The van der Waals surface area contributed by atoms with Gasteiger partial charge in [0, 0.05) is 23.4 Å². The van der Waals surface area contributed by atoms with E-state index in [2.05, 4.69) is 65.0 Å². The fraction of sp³-hybridized carbons (Fsp3) is 0.500. The van der Waals surface area contributed by atoms with Crippen molar-refractivity contribution in [1.29, 1.82) is 0 Å². The zero-order chi connectivity index (χ0) is 15.4. The van der Waals surface area contributed by atoms with E-state index in [4.69, 9.17) is 5.73 Å². The molecule has 1 heterocycles. The molecule has 114 valence electrons. The monoisotopic (exact) mass is 350 g/mol. The van der Waals surface area contributed by atoms with E-state index in [-0.39, 0.29) is 6.04 Å². The highest BCUT2D eigenvalue weighted by molar-refractivity contribution is 9.10. The van der Waals surface area contributed by atoms with Crippen molar-refractivity contribution in [3.05, 3.63) is 39.9 Å². The van der Waals surface area contributed by atoms with Gasteiger partial charge in [-0.15, -0.1) is 0 Å². The molecule has 0 bridgehead atoms. The summed E-state index contributed by atoms with van der Waals surface area (Å²) in [6.45, 7) is 6.29. The topological polar surface area (TPSA) is 56.7 Å². The summed E-state index contributed by atoms with van der Waals surface area (Å²) in [4.78, 5) is 4.55. The van der Waals surface area contributed by atoms with Crippen LogP contribution < -0.4 is 5.73 Å². The van der Waals surface area contributed by atoms with E-state index in [0.29, 0.717) is 0 Å². The predicted molar refractivity (Wildman–Crippen MR) is 89.8 cm³/mol. The van der Waals surface area contributed by atoms with Crippen molar-refractivity contribution in [2.75, 3.05) is 0 Å². The lowest BCUT2D eigenvalue weighted by Gasteiger charge is -2.12. The van der Waals surface area contributed by atoms with Crippen LogP contribution in [-0.4, -0.2) is 20.8 Å². The highest BCUT2D eigenvalue weighted by atomic mass is 79.9. The molecule has 0 saturated carbocycles. The fourth-order valence-corrected chi connectivity index (χ4v) is 2.77. The smallest absolute Gasteiger partial charge is 0.151 e. The Hall–Kier alpha value is -1.20. The lowest BCUT2D eigenvalue weighted by atomic mass is 10.0. The zero-order valence-corrected chi connectivity index (χ0v) is 14.5. The quantitative estimate of drug-likeness (QED) is 0.867. The molecule has 2 N–H and O–H groups in total. The molecule has 0 aliphatic heterocycles. The summed E-state index contributed by atoms with van der Waals surface area (Å²) in [5.74, 6) is 1.89. The van der Waals surface area contributed by atoms with E-state index in [0.717, 1.165) is 47.5 Å². The molecule has 4 nitrogen and oxygen atoms in total. The fourth-order valence-electron chi connectivity index (χ4n) is 2.24. The summed E-state index contributed by atoms with van der Waals surface area (Å²) in [6.07, 6.45) is 3.59. The molecular weight excluding hydrogens is 328 g/mol. The van der Waals surface area contributed by atoms with Crippen molar-refractivity contribution < 1.29 is 0 Å². The van der Waals surface area contributed by atoms with E-state index in [1.54, 1.807) is 0 Å². The Bertz CT molecular complexity index is 606. The largest absolute Gasteiger partial charge is 0.327 e. The van der Waals surface area contributed by atoms with Crippen molar-refractivity contribution in [2.45, 2.75) is 52.5 Å². The van der Waals surface area contributed by atoms with Crippen LogP contribution in [0.1, 0.15) is 44.4 Å². The van der Waals surface area contributed by atoms with Crippen molar-refractivity contribution >= 4 is 15.9 Å². The molecule has 0 aliphatic rings. The molecule has 2 rings (SSSR count). The van der Waals surface area contributed by atoms with Gasteiger partial charge in [-0.3, -0.25) is 0 Å². The van der Waals surface area contributed by atoms with Crippen molar-refractivity contribution in [3.63, 3.8) is 0 Å². The molecule has 1 aromatic carbocycles. The lowest BCUT2D eigenvalue weighted by Crippen LogP contribution is -2.21. The normalized spacial score (nSPS) is 12.6. The number of nitrogens with two attached hydrogens (primary N) is 1. The van der Waals surface area contributed by atoms with Crippen LogP contribution in [-0.2, 0) is 19.3 Å². The third-order valence-electron chi connectivity index (χ3n) is 3.64. The summed E-state index contributed by atoms with van der Waals surface area (Å²) >= 11 is 3.66. The Balaban J connectivity index is 2.33. The first kappa shape index (κ1) is 16.2. The van der Waals surface area contributed by atoms with Gasteiger partial charge >= 0.3 is 0 Å². The lowest BCUT2D eigenvalue weighted by molar-refractivity contribution is 0.645. The molecule has 0 fully saturated rings. The maximum absolute atomic E-state index is 6.04. The van der Waals surface area contributed by atoms with Gasteiger partial charge in [-0.2, -0.15) is 5.10 Å². The van der Waals surface area contributed by atoms with Crippen LogP contribution in [0.4, 0.5) is 0 Å². The van der Waals surface area contributed by atoms with E-state index in [1.165, 1.54) is 5.56 Å². The molecule has 0 radical (unpaired) electrons. The van der Waals surface area contributed by atoms with Gasteiger partial charge in [-0.05, 0) is 30.5 Å². The SMILES string of the molecule is CCc1nc(CC)n(-c2ccc(CC(N)CC)c(Br)c2)n1. The number of nitrogens with zero attached hydrogens (tertiary/aromatic N) is 3. The highest BCUT2D eigenvalue weighted by Gasteiger charge is 2.11. The molecule has 5 heteroatoms. The molecule has 21 heavy (non-hydrogen) atoms. The molecule has 0 spiro atoms. The van der Waals surface area contributed by atoms with Gasteiger partial charge < -0.3 is 5.73 Å². The summed E-state index contributed by atoms with van der Waals surface area (Å²) in [6, 6.07) is 6.53. The number of hydrogen-bond acceptors (Lipinski definition) is 3. The third kappa shape index (κ3) is 3.71. The Kier molecular flexibility index (Phi) is 5.53. The van der Waals surface area contributed by atoms with Crippen LogP contribution in [0, 0.1) is 0 Å². The van der Waals surface area contributed by atoms with Crippen LogP contribution in [0.3, 0.4) is 0 Å². The van der Waals surface area contributed by atoms with Crippen molar-refractivity contribution in [3.8, 4) is 5.69 Å². The highest BCUT2D eigenvalue weighted by Crippen LogP contribution is 2.23. The maximum atomic E-state index is 6.04. The van der Waals surface area contributed by atoms with Crippen LogP contribution in [0.15, 0.2) is 22.7 Å². The standard InChI is InChI=1S/C16H23BrN4/c1-4-12(18)9-11-7-8-13(10-14(11)17)21-16(6-3)19-15(5-2)20-21/h7-8,10,12H,4-6,9,18H2,1-3H3. The predicted octanol–water partition coefficient (Wildman–Crippen LogP) is 3.43. The van der Waals surface area contributed by atoms with E-state index >= 15 is 0 Å². The average Bonchev–Trinajstić information content (AvgIpc) is 2.92. The van der Waals surface area contributed by atoms with Gasteiger partial charge in [-0.1, -0.05) is 42.8 Å². The minimum Gasteiger partial charge on any atom is -0.327 e. The second-order valence-electron chi connectivity index (χ2n) is 5.21. The molecule has 1 unspecified atom stereocenters. The van der Waals surface area contributed by atoms with Gasteiger partial charge in [0.1, 0.15) is 5.82 Å².